The summed E-state index contributed by atoms with van der Waals surface area (Å²) in [5.41, 5.74) is -0.438. The predicted molar refractivity (Wildman–Crippen MR) is 146 cm³/mol. The van der Waals surface area contributed by atoms with Gasteiger partial charge in [0.2, 0.25) is 0 Å². The second-order valence-corrected chi connectivity index (χ2v) is 11.8. The zero-order valence-corrected chi connectivity index (χ0v) is 24.0. The summed E-state index contributed by atoms with van der Waals surface area (Å²) in [6, 6.07) is 6.76. The van der Waals surface area contributed by atoms with Crippen LogP contribution in [0.1, 0.15) is 90.3 Å². The van der Waals surface area contributed by atoms with Crippen molar-refractivity contribution in [2.24, 2.45) is 11.3 Å². The third kappa shape index (κ3) is 9.70. The molecule has 0 bridgehead atoms. The van der Waals surface area contributed by atoms with E-state index in [2.05, 4.69) is 31.5 Å². The summed E-state index contributed by atoms with van der Waals surface area (Å²) in [7, 11) is 0. The third-order valence-corrected chi connectivity index (χ3v) is 7.65. The number of carbonyl (C=O) groups excluding carboxylic acids is 2. The number of nitrogens with zero attached hydrogens (tertiary/aromatic N) is 1. The quantitative estimate of drug-likeness (QED) is 0.216. The maximum Gasteiger partial charge on any atom is 0.416 e. The van der Waals surface area contributed by atoms with Crippen molar-refractivity contribution in [1.29, 1.82) is 0 Å². The van der Waals surface area contributed by atoms with Crippen molar-refractivity contribution in [1.82, 2.24) is 15.8 Å². The lowest BCUT2D eigenvalue weighted by Crippen LogP contribution is -2.49. The van der Waals surface area contributed by atoms with Gasteiger partial charge in [0.15, 0.2) is 0 Å². The summed E-state index contributed by atoms with van der Waals surface area (Å²) >= 11 is 0. The number of carboxylic acids is 1. The monoisotopic (exact) mass is 615 g/mol. The summed E-state index contributed by atoms with van der Waals surface area (Å²) < 4.78 is 80.4. The zero-order valence-electron chi connectivity index (χ0n) is 24.0. The number of hydrogen-bond donors (Lipinski definition) is 3. The molecule has 13 heteroatoms. The molecule has 1 aliphatic carbocycles. The van der Waals surface area contributed by atoms with Crippen molar-refractivity contribution in [3.63, 3.8) is 0 Å². The van der Waals surface area contributed by atoms with Gasteiger partial charge in [-0.1, -0.05) is 32.9 Å². The topological polar surface area (TPSA) is 98.7 Å². The summed E-state index contributed by atoms with van der Waals surface area (Å²) in [5.74, 6) is -2.25. The standard InChI is InChI=1S/C30H35F6N3O4/c1-28(2,3)21-8-10-24(11-9-21)39(17-18-4-6-19(7-5-18)26(42)37-13-12-25(40)41)38-27(43)20-14-22(29(31,32)33)16-23(15-20)30(34,35)36/h4-7,14-16,21,24H,8-13,17H2,1-3H3,(H,37,42)(H,38,43)(H,40,41). The number of hydrazine groups is 1. The van der Waals surface area contributed by atoms with Gasteiger partial charge >= 0.3 is 18.3 Å². The molecule has 1 fully saturated rings. The Morgan fingerprint density at radius 1 is 0.814 bits per heavy atom. The average Bonchev–Trinajstić information content (AvgIpc) is 2.91. The van der Waals surface area contributed by atoms with E-state index in [4.69, 9.17) is 5.11 Å². The molecule has 0 radical (unpaired) electrons. The fraction of sp³-hybridized carbons (Fsp3) is 0.500. The minimum absolute atomic E-state index is 0.0261. The Morgan fingerprint density at radius 2 is 1.35 bits per heavy atom. The van der Waals surface area contributed by atoms with Crippen LogP contribution in [0.2, 0.25) is 0 Å². The molecule has 0 aromatic heterocycles. The number of halogens is 6. The molecule has 2 aromatic carbocycles. The number of carboxylic acid groups (broad SMARTS) is 1. The van der Waals surface area contributed by atoms with E-state index < -0.39 is 46.8 Å². The van der Waals surface area contributed by atoms with Crippen molar-refractivity contribution in [2.45, 2.75) is 77.8 Å². The summed E-state index contributed by atoms with van der Waals surface area (Å²) in [6.07, 6.45) is -7.51. The molecule has 3 N–H and O–H groups in total. The van der Waals surface area contributed by atoms with Gasteiger partial charge < -0.3 is 10.4 Å². The molecule has 0 aliphatic heterocycles. The Bertz CT molecular complexity index is 1260. The summed E-state index contributed by atoms with van der Waals surface area (Å²) in [4.78, 5) is 36.1. The highest BCUT2D eigenvalue weighted by molar-refractivity contribution is 5.95. The molecule has 7 nitrogen and oxygen atoms in total. The molecule has 0 unspecified atom stereocenters. The normalized spacial score (nSPS) is 17.9. The van der Waals surface area contributed by atoms with Crippen LogP contribution in [0.3, 0.4) is 0 Å². The molecule has 1 aliphatic rings. The molecular formula is C30H35F6N3O4. The lowest BCUT2D eigenvalue weighted by molar-refractivity contribution is -0.143. The number of aliphatic carboxylic acids is 1. The predicted octanol–water partition coefficient (Wildman–Crippen LogP) is 6.68. The van der Waals surface area contributed by atoms with E-state index in [9.17, 15) is 40.7 Å². The Balaban J connectivity index is 1.85. The average molecular weight is 616 g/mol. The van der Waals surface area contributed by atoms with Crippen LogP contribution in [-0.2, 0) is 23.7 Å². The first-order valence-electron chi connectivity index (χ1n) is 13.8. The van der Waals surface area contributed by atoms with Crippen LogP contribution in [0.4, 0.5) is 26.3 Å². The molecule has 3 rings (SSSR count). The van der Waals surface area contributed by atoms with Gasteiger partial charge in [-0.05, 0) is 72.9 Å². The van der Waals surface area contributed by atoms with E-state index in [0.717, 1.165) is 12.8 Å². The first kappa shape index (κ1) is 33.9. The third-order valence-electron chi connectivity index (χ3n) is 7.65. The van der Waals surface area contributed by atoms with Crippen molar-refractivity contribution < 1.29 is 45.8 Å². The molecule has 2 amide bonds. The lowest BCUT2D eigenvalue weighted by Gasteiger charge is -2.41. The van der Waals surface area contributed by atoms with E-state index in [1.165, 1.54) is 17.1 Å². The highest BCUT2D eigenvalue weighted by atomic mass is 19.4. The SMILES string of the molecule is CC(C)(C)C1CCC(N(Cc2ccc(C(=O)NCCC(=O)O)cc2)NC(=O)c2cc(C(F)(F)F)cc(C(F)(F)F)c2)CC1. The number of nitrogens with one attached hydrogen (secondary N) is 2. The smallest absolute Gasteiger partial charge is 0.416 e. The molecule has 0 heterocycles. The fourth-order valence-electron chi connectivity index (χ4n) is 5.14. The van der Waals surface area contributed by atoms with E-state index in [1.807, 2.05) is 0 Å². The minimum atomic E-state index is -5.09. The fourth-order valence-corrected chi connectivity index (χ4v) is 5.14. The van der Waals surface area contributed by atoms with Crippen LogP contribution in [0.15, 0.2) is 42.5 Å². The van der Waals surface area contributed by atoms with E-state index in [-0.39, 0.29) is 42.6 Å². The van der Waals surface area contributed by atoms with Gasteiger partial charge in [0.25, 0.3) is 11.8 Å². The van der Waals surface area contributed by atoms with Crippen LogP contribution < -0.4 is 10.7 Å². The first-order chi connectivity index (χ1) is 19.8. The van der Waals surface area contributed by atoms with E-state index in [0.29, 0.717) is 36.5 Å². The van der Waals surface area contributed by atoms with Crippen molar-refractivity contribution in [3.8, 4) is 0 Å². The number of amides is 2. The molecule has 0 saturated heterocycles. The maximum absolute atomic E-state index is 13.4. The number of alkyl halides is 6. The summed E-state index contributed by atoms with van der Waals surface area (Å²) in [5, 5.41) is 12.8. The zero-order chi connectivity index (χ0) is 32.2. The second kappa shape index (κ2) is 13.4. The van der Waals surface area contributed by atoms with Crippen molar-refractivity contribution in [3.05, 3.63) is 70.3 Å². The first-order valence-corrected chi connectivity index (χ1v) is 13.8. The molecule has 0 spiro atoms. The van der Waals surface area contributed by atoms with Gasteiger partial charge in [-0.2, -0.15) is 26.3 Å². The Morgan fingerprint density at radius 3 is 1.81 bits per heavy atom. The maximum atomic E-state index is 13.4. The van der Waals surface area contributed by atoms with Crippen LogP contribution in [0.5, 0.6) is 0 Å². The van der Waals surface area contributed by atoms with Crippen LogP contribution in [0, 0.1) is 11.3 Å². The molecule has 0 atom stereocenters. The van der Waals surface area contributed by atoms with E-state index >= 15 is 0 Å². The van der Waals surface area contributed by atoms with Crippen molar-refractivity contribution in [2.75, 3.05) is 6.54 Å². The summed E-state index contributed by atoms with van der Waals surface area (Å²) in [6.45, 7) is 6.40. The van der Waals surface area contributed by atoms with Crippen molar-refractivity contribution >= 4 is 17.8 Å². The van der Waals surface area contributed by atoms with Gasteiger partial charge in [0, 0.05) is 30.3 Å². The lowest BCUT2D eigenvalue weighted by atomic mass is 9.71. The largest absolute Gasteiger partial charge is 0.481 e. The van der Waals surface area contributed by atoms with Gasteiger partial charge in [-0.25, -0.2) is 5.01 Å². The van der Waals surface area contributed by atoms with Gasteiger partial charge in [0.1, 0.15) is 0 Å². The second-order valence-electron chi connectivity index (χ2n) is 11.8. The molecule has 2 aromatic rings. The highest BCUT2D eigenvalue weighted by Gasteiger charge is 2.38. The Labute approximate surface area is 245 Å². The Kier molecular flexibility index (Phi) is 10.5. The van der Waals surface area contributed by atoms with Crippen LogP contribution in [0.25, 0.3) is 0 Å². The van der Waals surface area contributed by atoms with E-state index in [1.54, 1.807) is 12.1 Å². The molecule has 1 saturated carbocycles. The van der Waals surface area contributed by atoms with Gasteiger partial charge in [-0.3, -0.25) is 19.8 Å². The van der Waals surface area contributed by atoms with Crippen LogP contribution in [-0.4, -0.2) is 40.5 Å². The molecule has 43 heavy (non-hydrogen) atoms. The number of rotatable bonds is 9. The number of hydrogen-bond acceptors (Lipinski definition) is 4. The highest BCUT2D eigenvalue weighted by Crippen LogP contribution is 2.39. The Hall–Kier alpha value is -3.61. The van der Waals surface area contributed by atoms with Crippen LogP contribution >= 0.6 is 0 Å². The number of carbonyl (C=O) groups is 3. The molecule has 236 valence electrons. The minimum Gasteiger partial charge on any atom is -0.481 e. The number of benzene rings is 2. The molecular weight excluding hydrogens is 580 g/mol. The van der Waals surface area contributed by atoms with Gasteiger partial charge in [0.05, 0.1) is 17.5 Å². The van der Waals surface area contributed by atoms with Gasteiger partial charge in [-0.15, -0.1) is 0 Å².